The molecule has 13 heavy (non-hydrogen) atoms. The SMILES string of the molecule is Cc1cc(C(F)F)c(CBr)c(F)n1. The lowest BCUT2D eigenvalue weighted by Crippen LogP contribution is -2.01. The van der Waals surface area contributed by atoms with Gasteiger partial charge in [-0.2, -0.15) is 4.39 Å². The lowest BCUT2D eigenvalue weighted by molar-refractivity contribution is 0.149. The molecule has 1 nitrogen and oxygen atoms in total. The van der Waals surface area contributed by atoms with Gasteiger partial charge in [0.25, 0.3) is 6.43 Å². The maximum Gasteiger partial charge on any atom is 0.264 e. The maximum absolute atomic E-state index is 13.0. The van der Waals surface area contributed by atoms with Crippen LogP contribution in [0.4, 0.5) is 13.2 Å². The number of alkyl halides is 3. The maximum atomic E-state index is 13.0. The van der Waals surface area contributed by atoms with Crippen LogP contribution in [0.25, 0.3) is 0 Å². The Hall–Kier alpha value is -0.580. The average Bonchev–Trinajstić information content (AvgIpc) is 2.02. The van der Waals surface area contributed by atoms with Crippen molar-refractivity contribution in [2.24, 2.45) is 0 Å². The summed E-state index contributed by atoms with van der Waals surface area (Å²) in [5.41, 5.74) is -0.0972. The second kappa shape index (κ2) is 4.09. The average molecular weight is 254 g/mol. The van der Waals surface area contributed by atoms with Gasteiger partial charge in [-0.25, -0.2) is 13.8 Å². The number of aromatic nitrogens is 1. The van der Waals surface area contributed by atoms with Gasteiger partial charge in [0, 0.05) is 22.2 Å². The van der Waals surface area contributed by atoms with Crippen LogP contribution in [0.5, 0.6) is 0 Å². The summed E-state index contributed by atoms with van der Waals surface area (Å²) in [7, 11) is 0. The topological polar surface area (TPSA) is 12.9 Å². The van der Waals surface area contributed by atoms with Crippen molar-refractivity contribution in [2.75, 3.05) is 0 Å². The van der Waals surface area contributed by atoms with Crippen molar-refractivity contribution in [1.82, 2.24) is 4.98 Å². The van der Waals surface area contributed by atoms with Gasteiger partial charge in [0.15, 0.2) is 0 Å². The van der Waals surface area contributed by atoms with Crippen LogP contribution in [-0.4, -0.2) is 4.98 Å². The zero-order valence-corrected chi connectivity index (χ0v) is 8.41. The number of halogens is 4. The minimum Gasteiger partial charge on any atom is -0.225 e. The first-order valence-corrected chi connectivity index (χ1v) is 4.68. The van der Waals surface area contributed by atoms with E-state index in [1.165, 1.54) is 13.0 Å². The van der Waals surface area contributed by atoms with Gasteiger partial charge < -0.3 is 0 Å². The highest BCUT2D eigenvalue weighted by Crippen LogP contribution is 2.26. The zero-order chi connectivity index (χ0) is 10.0. The molecule has 0 aliphatic rings. The molecule has 0 radical (unpaired) electrons. The standard InChI is InChI=1S/C8H7BrF3N/c1-4-2-5(7(10)11)6(3-9)8(12)13-4/h2,7H,3H2,1H3. The molecule has 0 fully saturated rings. The second-order valence-corrected chi connectivity index (χ2v) is 3.12. The predicted octanol–water partition coefficient (Wildman–Crippen LogP) is 3.36. The molecule has 0 unspecified atom stereocenters. The summed E-state index contributed by atoms with van der Waals surface area (Å²) in [4.78, 5) is 3.46. The van der Waals surface area contributed by atoms with Crippen LogP contribution in [0.3, 0.4) is 0 Å². The fraction of sp³-hybridized carbons (Fsp3) is 0.375. The Labute approximate surface area is 82.1 Å². The van der Waals surface area contributed by atoms with Crippen LogP contribution in [0.1, 0.15) is 23.2 Å². The van der Waals surface area contributed by atoms with Crippen LogP contribution in [0, 0.1) is 12.9 Å². The Balaban J connectivity index is 3.29. The van der Waals surface area contributed by atoms with Crippen LogP contribution in [0.2, 0.25) is 0 Å². The molecule has 0 saturated carbocycles. The Kier molecular flexibility index (Phi) is 3.30. The number of nitrogens with zero attached hydrogens (tertiary/aromatic N) is 1. The summed E-state index contributed by atoms with van der Waals surface area (Å²) >= 11 is 2.94. The van der Waals surface area contributed by atoms with Gasteiger partial charge in [0.05, 0.1) is 0 Å². The van der Waals surface area contributed by atoms with E-state index < -0.39 is 12.4 Å². The van der Waals surface area contributed by atoms with Crippen molar-refractivity contribution < 1.29 is 13.2 Å². The molecule has 1 aromatic rings. The lowest BCUT2D eigenvalue weighted by Gasteiger charge is -2.07. The molecule has 0 saturated heterocycles. The van der Waals surface area contributed by atoms with Crippen molar-refractivity contribution in [1.29, 1.82) is 0 Å². The molecule has 0 aliphatic heterocycles. The molecular weight excluding hydrogens is 247 g/mol. The minimum atomic E-state index is -2.66. The monoisotopic (exact) mass is 253 g/mol. The van der Waals surface area contributed by atoms with E-state index in [9.17, 15) is 13.2 Å². The number of hydrogen-bond acceptors (Lipinski definition) is 1. The number of pyridine rings is 1. The number of hydrogen-bond donors (Lipinski definition) is 0. The van der Waals surface area contributed by atoms with E-state index in [-0.39, 0.29) is 22.2 Å². The molecule has 0 N–H and O–H groups in total. The molecule has 1 heterocycles. The number of rotatable bonds is 2. The molecule has 0 amide bonds. The van der Waals surface area contributed by atoms with Gasteiger partial charge in [-0.3, -0.25) is 0 Å². The molecular formula is C8H7BrF3N. The van der Waals surface area contributed by atoms with Gasteiger partial charge in [0.1, 0.15) is 0 Å². The molecule has 1 rings (SSSR count). The van der Waals surface area contributed by atoms with Crippen molar-refractivity contribution in [3.8, 4) is 0 Å². The molecule has 0 aliphatic carbocycles. The second-order valence-electron chi connectivity index (χ2n) is 2.56. The zero-order valence-electron chi connectivity index (χ0n) is 6.82. The fourth-order valence-corrected chi connectivity index (χ4v) is 1.57. The van der Waals surface area contributed by atoms with Crippen molar-refractivity contribution in [3.63, 3.8) is 0 Å². The Morgan fingerprint density at radius 3 is 2.62 bits per heavy atom. The summed E-state index contributed by atoms with van der Waals surface area (Å²) in [5.74, 6) is -0.827. The lowest BCUT2D eigenvalue weighted by atomic mass is 10.1. The first kappa shape index (κ1) is 10.5. The normalized spacial score (nSPS) is 10.9. The van der Waals surface area contributed by atoms with Crippen molar-refractivity contribution >= 4 is 15.9 Å². The van der Waals surface area contributed by atoms with Crippen LogP contribution < -0.4 is 0 Å². The first-order valence-electron chi connectivity index (χ1n) is 3.56. The quantitative estimate of drug-likeness (QED) is 0.582. The molecule has 0 spiro atoms. The van der Waals surface area contributed by atoms with Crippen LogP contribution in [-0.2, 0) is 5.33 Å². The fourth-order valence-electron chi connectivity index (χ4n) is 1.01. The highest BCUT2D eigenvalue weighted by atomic mass is 79.9. The van der Waals surface area contributed by atoms with Crippen LogP contribution in [0.15, 0.2) is 6.07 Å². The molecule has 0 aromatic carbocycles. The van der Waals surface area contributed by atoms with Crippen LogP contribution >= 0.6 is 15.9 Å². The summed E-state index contributed by atoms with van der Waals surface area (Å²) in [6.07, 6.45) is -2.66. The van der Waals surface area contributed by atoms with E-state index in [1.807, 2.05) is 0 Å². The predicted molar refractivity (Wildman–Crippen MR) is 46.5 cm³/mol. The van der Waals surface area contributed by atoms with Gasteiger partial charge in [0.2, 0.25) is 5.95 Å². The third-order valence-electron chi connectivity index (χ3n) is 1.61. The van der Waals surface area contributed by atoms with E-state index in [2.05, 4.69) is 20.9 Å². The molecule has 72 valence electrons. The third-order valence-corrected chi connectivity index (χ3v) is 2.17. The smallest absolute Gasteiger partial charge is 0.225 e. The van der Waals surface area contributed by atoms with Gasteiger partial charge in [-0.05, 0) is 13.0 Å². The molecule has 0 bridgehead atoms. The third kappa shape index (κ3) is 2.21. The summed E-state index contributed by atoms with van der Waals surface area (Å²) in [5, 5.41) is 0.0474. The summed E-state index contributed by atoms with van der Waals surface area (Å²) < 4.78 is 37.7. The Bertz CT molecular complexity index is 315. The number of aryl methyl sites for hydroxylation is 1. The van der Waals surface area contributed by atoms with E-state index in [4.69, 9.17) is 0 Å². The molecule has 5 heteroatoms. The van der Waals surface area contributed by atoms with Gasteiger partial charge in [-0.15, -0.1) is 0 Å². The molecule has 1 aromatic heterocycles. The minimum absolute atomic E-state index is 0.0474. The highest BCUT2D eigenvalue weighted by molar-refractivity contribution is 9.08. The van der Waals surface area contributed by atoms with E-state index >= 15 is 0 Å². The summed E-state index contributed by atoms with van der Waals surface area (Å²) in [6.45, 7) is 1.48. The Morgan fingerprint density at radius 1 is 1.54 bits per heavy atom. The van der Waals surface area contributed by atoms with E-state index in [1.54, 1.807) is 0 Å². The van der Waals surface area contributed by atoms with Crippen molar-refractivity contribution in [3.05, 3.63) is 28.8 Å². The van der Waals surface area contributed by atoms with E-state index in [0.717, 1.165) is 0 Å². The van der Waals surface area contributed by atoms with Gasteiger partial charge >= 0.3 is 0 Å². The highest BCUT2D eigenvalue weighted by Gasteiger charge is 2.17. The largest absolute Gasteiger partial charge is 0.264 e. The first-order chi connectivity index (χ1) is 6.06. The molecule has 0 atom stereocenters. The van der Waals surface area contributed by atoms with Crippen molar-refractivity contribution in [2.45, 2.75) is 18.7 Å². The van der Waals surface area contributed by atoms with E-state index in [0.29, 0.717) is 0 Å². The summed E-state index contributed by atoms with van der Waals surface area (Å²) in [6, 6.07) is 1.20. The Morgan fingerprint density at radius 2 is 2.15 bits per heavy atom. The van der Waals surface area contributed by atoms with Gasteiger partial charge in [-0.1, -0.05) is 15.9 Å².